The Bertz CT molecular complexity index is 1200. The molecule has 1 unspecified atom stereocenters. The first-order valence-electron chi connectivity index (χ1n) is 9.58. The predicted octanol–water partition coefficient (Wildman–Crippen LogP) is 5.21. The van der Waals surface area contributed by atoms with Crippen LogP contribution in [0.5, 0.6) is 0 Å². The lowest BCUT2D eigenvalue weighted by atomic mass is 9.98. The first-order chi connectivity index (χ1) is 14.3. The summed E-state index contributed by atoms with van der Waals surface area (Å²) in [5, 5.41) is 10.4. The monoisotopic (exact) mass is 503 g/mol. The molecule has 6 nitrogen and oxygen atoms in total. The van der Waals surface area contributed by atoms with E-state index in [0.29, 0.717) is 33.3 Å². The summed E-state index contributed by atoms with van der Waals surface area (Å²) in [7, 11) is 2.06. The van der Waals surface area contributed by atoms with Gasteiger partial charge in [0.05, 0.1) is 32.3 Å². The maximum Gasteiger partial charge on any atom is 0.335 e. The number of hydrogen-bond acceptors (Lipinski definition) is 3. The molecule has 0 bridgehead atoms. The van der Waals surface area contributed by atoms with E-state index in [4.69, 9.17) is 34.8 Å². The highest BCUT2D eigenvalue weighted by atomic mass is 35.5. The number of imidazole rings is 1. The molecule has 1 fully saturated rings. The van der Waals surface area contributed by atoms with E-state index in [0.717, 1.165) is 25.9 Å². The molecule has 0 spiro atoms. The predicted molar refractivity (Wildman–Crippen MR) is 127 cm³/mol. The van der Waals surface area contributed by atoms with Gasteiger partial charge in [0.25, 0.3) is 0 Å². The minimum absolute atomic E-state index is 0. The third kappa shape index (κ3) is 4.59. The van der Waals surface area contributed by atoms with Crippen LogP contribution in [0.25, 0.3) is 16.7 Å². The number of aromatic carboxylic acids is 1. The van der Waals surface area contributed by atoms with Crippen molar-refractivity contribution >= 4 is 64.2 Å². The van der Waals surface area contributed by atoms with Crippen LogP contribution in [-0.4, -0.2) is 45.2 Å². The average molecular weight is 505 g/mol. The largest absolute Gasteiger partial charge is 0.478 e. The van der Waals surface area contributed by atoms with E-state index >= 15 is 0 Å². The van der Waals surface area contributed by atoms with Crippen LogP contribution < -0.4 is 5.69 Å². The van der Waals surface area contributed by atoms with Crippen molar-refractivity contribution in [1.29, 1.82) is 0 Å². The van der Waals surface area contributed by atoms with Gasteiger partial charge >= 0.3 is 11.7 Å². The van der Waals surface area contributed by atoms with Gasteiger partial charge in [0.1, 0.15) is 0 Å². The Labute approximate surface area is 200 Å². The third-order valence-electron chi connectivity index (χ3n) is 5.54. The minimum atomic E-state index is -1.10. The third-order valence-corrected chi connectivity index (χ3v) is 6.37. The standard InChI is InChI=1S/C21H20Cl3N3O3.ClH/c1-25-6-2-3-12(10-25)11-26-18-8-13(20(28)29)7-16(24)19(18)27(21(26)30)17-5-4-14(22)9-15(17)23;/h4-5,7-9,12H,2-3,6,10-11H2,1H3,(H,28,29);1H. The van der Waals surface area contributed by atoms with Crippen molar-refractivity contribution in [2.45, 2.75) is 19.4 Å². The number of likely N-dealkylation sites (tertiary alicyclic amines) is 1. The van der Waals surface area contributed by atoms with Gasteiger partial charge in [-0.25, -0.2) is 9.59 Å². The number of rotatable bonds is 4. The number of benzene rings is 2. The number of carbonyl (C=O) groups is 1. The summed E-state index contributed by atoms with van der Waals surface area (Å²) in [6.45, 7) is 2.37. The number of nitrogens with zero attached hydrogens (tertiary/aromatic N) is 3. The maximum absolute atomic E-state index is 13.5. The van der Waals surface area contributed by atoms with Gasteiger partial charge in [-0.05, 0) is 62.7 Å². The van der Waals surface area contributed by atoms with Gasteiger partial charge in [-0.2, -0.15) is 0 Å². The second kappa shape index (κ2) is 9.43. The van der Waals surface area contributed by atoms with E-state index in [2.05, 4.69) is 11.9 Å². The van der Waals surface area contributed by atoms with E-state index < -0.39 is 5.97 Å². The highest BCUT2D eigenvalue weighted by Crippen LogP contribution is 2.32. The Morgan fingerprint density at radius 1 is 1.16 bits per heavy atom. The van der Waals surface area contributed by atoms with Gasteiger partial charge in [0, 0.05) is 18.1 Å². The van der Waals surface area contributed by atoms with Crippen molar-refractivity contribution in [3.8, 4) is 5.69 Å². The molecule has 1 atom stereocenters. The number of aromatic nitrogens is 2. The molecule has 1 aliphatic heterocycles. The number of fused-ring (bicyclic) bond motifs is 1. The van der Waals surface area contributed by atoms with Crippen molar-refractivity contribution in [1.82, 2.24) is 14.0 Å². The molecule has 1 N–H and O–H groups in total. The average Bonchev–Trinajstić information content (AvgIpc) is 2.94. The van der Waals surface area contributed by atoms with Gasteiger partial charge in [0.15, 0.2) is 0 Å². The minimum Gasteiger partial charge on any atom is -0.478 e. The van der Waals surface area contributed by atoms with Gasteiger partial charge in [-0.3, -0.25) is 9.13 Å². The highest BCUT2D eigenvalue weighted by molar-refractivity contribution is 6.37. The SMILES string of the molecule is CN1CCCC(Cn2c(=O)n(-c3ccc(Cl)cc3Cl)c3c(Cl)cc(C(=O)O)cc32)C1.Cl. The summed E-state index contributed by atoms with van der Waals surface area (Å²) in [5.41, 5.74) is 1.07. The number of piperidine rings is 1. The van der Waals surface area contributed by atoms with Gasteiger partial charge in [0.2, 0.25) is 0 Å². The van der Waals surface area contributed by atoms with Crippen LogP contribution in [0.15, 0.2) is 35.1 Å². The topological polar surface area (TPSA) is 67.5 Å². The lowest BCUT2D eigenvalue weighted by molar-refractivity contribution is 0.0697. The lowest BCUT2D eigenvalue weighted by Gasteiger charge is -2.29. The maximum atomic E-state index is 13.5. The van der Waals surface area contributed by atoms with E-state index in [1.165, 1.54) is 16.7 Å². The molecule has 0 saturated carbocycles. The molecule has 10 heteroatoms. The normalized spacial score (nSPS) is 17.0. The summed E-state index contributed by atoms with van der Waals surface area (Å²) in [6.07, 6.45) is 2.05. The first kappa shape index (κ1) is 24.0. The van der Waals surface area contributed by atoms with Gasteiger partial charge in [-0.15, -0.1) is 12.4 Å². The fraction of sp³-hybridized carbons (Fsp3) is 0.333. The molecule has 31 heavy (non-hydrogen) atoms. The summed E-state index contributed by atoms with van der Waals surface area (Å²) in [6, 6.07) is 7.71. The lowest BCUT2D eigenvalue weighted by Crippen LogP contribution is -2.36. The molecule has 0 aliphatic carbocycles. The van der Waals surface area contributed by atoms with E-state index in [-0.39, 0.29) is 34.6 Å². The molecule has 2 heterocycles. The highest BCUT2D eigenvalue weighted by Gasteiger charge is 2.25. The zero-order valence-electron chi connectivity index (χ0n) is 16.6. The van der Waals surface area contributed by atoms with Crippen molar-refractivity contribution in [2.24, 2.45) is 5.92 Å². The number of carboxylic acid groups (broad SMARTS) is 1. The van der Waals surface area contributed by atoms with Crippen LogP contribution in [0.4, 0.5) is 0 Å². The molecule has 1 aliphatic rings. The second-order valence-corrected chi connectivity index (χ2v) is 8.98. The summed E-state index contributed by atoms with van der Waals surface area (Å²) >= 11 is 18.9. The summed E-state index contributed by atoms with van der Waals surface area (Å²) in [5.74, 6) is -0.832. The Balaban J connectivity index is 0.00000272. The molecular weight excluding hydrogens is 484 g/mol. The fourth-order valence-corrected chi connectivity index (χ4v) is 4.99. The van der Waals surface area contributed by atoms with Crippen LogP contribution in [0, 0.1) is 5.92 Å². The van der Waals surface area contributed by atoms with Crippen LogP contribution >= 0.6 is 47.2 Å². The quantitative estimate of drug-likeness (QED) is 0.529. The Morgan fingerprint density at radius 2 is 1.90 bits per heavy atom. The van der Waals surface area contributed by atoms with Crippen molar-refractivity contribution < 1.29 is 9.90 Å². The van der Waals surface area contributed by atoms with Crippen LogP contribution in [0.1, 0.15) is 23.2 Å². The molecule has 2 aromatic carbocycles. The zero-order valence-corrected chi connectivity index (χ0v) is 19.7. The molecule has 1 saturated heterocycles. The van der Waals surface area contributed by atoms with E-state index in [1.807, 2.05) is 0 Å². The number of halogens is 4. The summed E-state index contributed by atoms with van der Waals surface area (Å²) < 4.78 is 3.05. The van der Waals surface area contributed by atoms with Crippen molar-refractivity contribution in [2.75, 3.05) is 20.1 Å². The first-order valence-corrected chi connectivity index (χ1v) is 10.7. The number of carboxylic acids is 1. The van der Waals surface area contributed by atoms with Crippen LogP contribution in [-0.2, 0) is 6.54 Å². The van der Waals surface area contributed by atoms with Gasteiger partial charge in [-0.1, -0.05) is 34.8 Å². The molecular formula is C21H21Cl4N3O3. The summed E-state index contributed by atoms with van der Waals surface area (Å²) in [4.78, 5) is 27.4. The second-order valence-electron chi connectivity index (χ2n) is 7.73. The van der Waals surface area contributed by atoms with E-state index in [9.17, 15) is 14.7 Å². The smallest absolute Gasteiger partial charge is 0.335 e. The number of hydrogen-bond donors (Lipinski definition) is 1. The van der Waals surface area contributed by atoms with Crippen LogP contribution in [0.3, 0.4) is 0 Å². The Hall–Kier alpha value is -1.70. The molecule has 1 aromatic heterocycles. The van der Waals surface area contributed by atoms with Gasteiger partial charge < -0.3 is 10.0 Å². The van der Waals surface area contributed by atoms with Crippen molar-refractivity contribution in [3.63, 3.8) is 0 Å². The molecule has 0 amide bonds. The van der Waals surface area contributed by atoms with Crippen molar-refractivity contribution in [3.05, 3.63) is 61.4 Å². The van der Waals surface area contributed by atoms with Crippen LogP contribution in [0.2, 0.25) is 15.1 Å². The van der Waals surface area contributed by atoms with E-state index in [1.54, 1.807) is 22.8 Å². The fourth-order valence-electron chi connectivity index (χ4n) is 4.20. The molecule has 0 radical (unpaired) electrons. The molecule has 3 aromatic rings. The molecule has 4 rings (SSSR count). The molecule has 166 valence electrons. The zero-order chi connectivity index (χ0) is 21.6. The Kier molecular flexibility index (Phi) is 7.28. The Morgan fingerprint density at radius 3 is 2.55 bits per heavy atom.